The number of piperazine rings is 1. The van der Waals surface area contributed by atoms with Crippen molar-refractivity contribution in [1.29, 1.82) is 0 Å². The Bertz CT molecular complexity index is 759. The standard InChI is InChI=1S/C17H19ClN4O2/c1-11-8-22(14-4-2-3-13(18)7-14)16(23)10-21(11)9-15-19-20-17(24-15)12-5-6-12/h2-4,7,11-12H,5-6,8-10H2,1H3. The van der Waals surface area contributed by atoms with Crippen LogP contribution >= 0.6 is 11.6 Å². The van der Waals surface area contributed by atoms with Crippen molar-refractivity contribution in [2.75, 3.05) is 18.0 Å². The van der Waals surface area contributed by atoms with Gasteiger partial charge in [-0.15, -0.1) is 10.2 Å². The molecule has 1 aliphatic carbocycles. The zero-order valence-electron chi connectivity index (χ0n) is 13.5. The van der Waals surface area contributed by atoms with Crippen molar-refractivity contribution in [3.8, 4) is 0 Å². The summed E-state index contributed by atoms with van der Waals surface area (Å²) in [5.74, 6) is 1.83. The summed E-state index contributed by atoms with van der Waals surface area (Å²) in [4.78, 5) is 16.4. The number of carbonyl (C=O) groups excluding carboxylic acids is 1. The van der Waals surface area contributed by atoms with E-state index in [1.807, 2.05) is 24.3 Å². The van der Waals surface area contributed by atoms with Crippen LogP contribution in [0.4, 0.5) is 5.69 Å². The normalized spacial score (nSPS) is 22.2. The number of halogens is 1. The molecular weight excluding hydrogens is 328 g/mol. The second-order valence-corrected chi connectivity index (χ2v) is 6.98. The third kappa shape index (κ3) is 3.16. The van der Waals surface area contributed by atoms with E-state index < -0.39 is 0 Å². The molecule has 4 rings (SSSR count). The van der Waals surface area contributed by atoms with Crippen LogP contribution in [0.3, 0.4) is 0 Å². The molecule has 2 fully saturated rings. The summed E-state index contributed by atoms with van der Waals surface area (Å²) in [6.07, 6.45) is 2.27. The molecule has 0 radical (unpaired) electrons. The van der Waals surface area contributed by atoms with Crippen LogP contribution in [0.1, 0.15) is 37.5 Å². The first-order chi connectivity index (χ1) is 11.6. The van der Waals surface area contributed by atoms with Gasteiger partial charge in [-0.1, -0.05) is 17.7 Å². The first-order valence-corrected chi connectivity index (χ1v) is 8.60. The number of hydrogen-bond donors (Lipinski definition) is 0. The monoisotopic (exact) mass is 346 g/mol. The van der Waals surface area contributed by atoms with E-state index in [9.17, 15) is 4.79 Å². The van der Waals surface area contributed by atoms with E-state index >= 15 is 0 Å². The molecule has 6 nitrogen and oxygen atoms in total. The van der Waals surface area contributed by atoms with E-state index in [1.165, 1.54) is 0 Å². The van der Waals surface area contributed by atoms with Crippen LogP contribution < -0.4 is 4.90 Å². The fourth-order valence-electron chi connectivity index (χ4n) is 3.00. The van der Waals surface area contributed by atoms with Gasteiger partial charge < -0.3 is 9.32 Å². The van der Waals surface area contributed by atoms with E-state index in [-0.39, 0.29) is 11.9 Å². The second kappa shape index (κ2) is 6.18. The first kappa shape index (κ1) is 15.6. The third-order valence-electron chi connectivity index (χ3n) is 4.58. The van der Waals surface area contributed by atoms with Gasteiger partial charge in [0.25, 0.3) is 0 Å². The molecule has 1 atom stereocenters. The Labute approximate surface area is 145 Å². The number of benzene rings is 1. The zero-order valence-corrected chi connectivity index (χ0v) is 14.2. The molecule has 2 aliphatic rings. The highest BCUT2D eigenvalue weighted by Crippen LogP contribution is 2.39. The van der Waals surface area contributed by atoms with Crippen molar-refractivity contribution in [2.45, 2.75) is 38.3 Å². The predicted molar refractivity (Wildman–Crippen MR) is 90.0 cm³/mol. The highest BCUT2D eigenvalue weighted by Gasteiger charge is 2.33. The summed E-state index contributed by atoms with van der Waals surface area (Å²) in [6, 6.07) is 7.59. The van der Waals surface area contributed by atoms with Crippen molar-refractivity contribution in [3.05, 3.63) is 41.1 Å². The summed E-state index contributed by atoms with van der Waals surface area (Å²) in [5, 5.41) is 8.86. The van der Waals surface area contributed by atoms with E-state index in [2.05, 4.69) is 22.0 Å². The van der Waals surface area contributed by atoms with Crippen molar-refractivity contribution >= 4 is 23.2 Å². The molecule has 7 heteroatoms. The molecule has 24 heavy (non-hydrogen) atoms. The SMILES string of the molecule is CC1CN(c2cccc(Cl)c2)C(=O)CN1Cc1nnc(C2CC2)o1. The molecule has 1 amide bonds. The second-order valence-electron chi connectivity index (χ2n) is 6.55. The Balaban J connectivity index is 1.44. The van der Waals surface area contributed by atoms with Crippen LogP contribution in [0.5, 0.6) is 0 Å². The molecule has 0 spiro atoms. The number of carbonyl (C=O) groups is 1. The van der Waals surface area contributed by atoms with Crippen LogP contribution in [0, 0.1) is 0 Å². The topological polar surface area (TPSA) is 62.5 Å². The van der Waals surface area contributed by atoms with Gasteiger partial charge >= 0.3 is 0 Å². The van der Waals surface area contributed by atoms with Gasteiger partial charge in [-0.25, -0.2) is 0 Å². The van der Waals surface area contributed by atoms with E-state index in [4.69, 9.17) is 16.0 Å². The summed E-state index contributed by atoms with van der Waals surface area (Å²) < 4.78 is 5.71. The van der Waals surface area contributed by atoms with Crippen LogP contribution in [0.15, 0.2) is 28.7 Å². The van der Waals surface area contributed by atoms with Gasteiger partial charge in [0.05, 0.1) is 13.1 Å². The maximum Gasteiger partial charge on any atom is 0.241 e. The number of anilines is 1. The van der Waals surface area contributed by atoms with Crippen molar-refractivity contribution in [1.82, 2.24) is 15.1 Å². The lowest BCUT2D eigenvalue weighted by atomic mass is 10.1. The third-order valence-corrected chi connectivity index (χ3v) is 4.81. The lowest BCUT2D eigenvalue weighted by molar-refractivity contribution is -0.122. The van der Waals surface area contributed by atoms with E-state index in [0.717, 1.165) is 24.4 Å². The maximum atomic E-state index is 12.6. The fraction of sp³-hybridized carbons (Fsp3) is 0.471. The molecule has 0 N–H and O–H groups in total. The Morgan fingerprint density at radius 3 is 2.92 bits per heavy atom. The van der Waals surface area contributed by atoms with Crippen LogP contribution in [0.25, 0.3) is 0 Å². The Kier molecular flexibility index (Phi) is 4.02. The average Bonchev–Trinajstić information content (AvgIpc) is 3.30. The minimum atomic E-state index is 0.0531. The van der Waals surface area contributed by atoms with E-state index in [1.54, 1.807) is 4.90 Å². The Morgan fingerprint density at radius 2 is 2.17 bits per heavy atom. The van der Waals surface area contributed by atoms with Crippen LogP contribution in [-0.2, 0) is 11.3 Å². The number of amides is 1. The summed E-state index contributed by atoms with van der Waals surface area (Å²) in [5.41, 5.74) is 0.841. The minimum Gasteiger partial charge on any atom is -0.424 e. The molecule has 1 aromatic heterocycles. The largest absolute Gasteiger partial charge is 0.424 e. The molecule has 1 unspecified atom stereocenters. The lowest BCUT2D eigenvalue weighted by Gasteiger charge is -2.38. The van der Waals surface area contributed by atoms with Gasteiger partial charge in [-0.05, 0) is 38.0 Å². The number of aromatic nitrogens is 2. The smallest absolute Gasteiger partial charge is 0.241 e. The highest BCUT2D eigenvalue weighted by atomic mass is 35.5. The molecule has 0 bridgehead atoms. The Morgan fingerprint density at radius 1 is 1.33 bits per heavy atom. The summed E-state index contributed by atoms with van der Waals surface area (Å²) in [6.45, 7) is 3.55. The Hall–Kier alpha value is -1.92. The van der Waals surface area contributed by atoms with E-state index in [0.29, 0.717) is 36.5 Å². The summed E-state index contributed by atoms with van der Waals surface area (Å²) in [7, 11) is 0. The summed E-state index contributed by atoms with van der Waals surface area (Å²) >= 11 is 6.04. The molecule has 2 aromatic rings. The number of hydrogen-bond acceptors (Lipinski definition) is 5. The van der Waals surface area contributed by atoms with Gasteiger partial charge in [0.15, 0.2) is 0 Å². The van der Waals surface area contributed by atoms with Gasteiger partial charge in [0, 0.05) is 29.2 Å². The van der Waals surface area contributed by atoms with Gasteiger partial charge in [-0.3, -0.25) is 9.69 Å². The van der Waals surface area contributed by atoms with Gasteiger partial charge in [-0.2, -0.15) is 0 Å². The minimum absolute atomic E-state index is 0.0531. The van der Waals surface area contributed by atoms with Crippen LogP contribution in [0.2, 0.25) is 5.02 Å². The molecule has 1 saturated carbocycles. The molecule has 2 heterocycles. The molecular formula is C17H19ClN4O2. The molecule has 126 valence electrons. The first-order valence-electron chi connectivity index (χ1n) is 8.22. The van der Waals surface area contributed by atoms with Crippen molar-refractivity contribution < 1.29 is 9.21 Å². The number of nitrogens with zero attached hydrogens (tertiary/aromatic N) is 4. The van der Waals surface area contributed by atoms with Crippen molar-refractivity contribution in [3.63, 3.8) is 0 Å². The lowest BCUT2D eigenvalue weighted by Crippen LogP contribution is -2.54. The highest BCUT2D eigenvalue weighted by molar-refractivity contribution is 6.30. The maximum absolute atomic E-state index is 12.6. The van der Waals surface area contributed by atoms with Gasteiger partial charge in [0.1, 0.15) is 0 Å². The molecule has 1 saturated heterocycles. The predicted octanol–water partition coefficient (Wildman–Crippen LogP) is 2.84. The fourth-order valence-corrected chi connectivity index (χ4v) is 3.19. The number of rotatable bonds is 4. The molecule has 1 aromatic carbocycles. The quantitative estimate of drug-likeness (QED) is 0.851. The zero-order chi connectivity index (χ0) is 16.7. The van der Waals surface area contributed by atoms with Crippen molar-refractivity contribution in [2.24, 2.45) is 0 Å². The van der Waals surface area contributed by atoms with Crippen LogP contribution in [-0.4, -0.2) is 40.1 Å². The average molecular weight is 347 g/mol. The molecule has 1 aliphatic heterocycles. The van der Waals surface area contributed by atoms with Gasteiger partial charge in [0.2, 0.25) is 17.7 Å².